The third-order valence-corrected chi connectivity index (χ3v) is 2.60. The predicted octanol–water partition coefficient (Wildman–Crippen LogP) is 0.706. The molecule has 20 heavy (non-hydrogen) atoms. The molecule has 0 fully saturated rings. The molecule has 0 bridgehead atoms. The molecule has 0 heterocycles. The molecule has 0 aliphatic carbocycles. The first-order valence-electron chi connectivity index (χ1n) is 6.29. The Hall–Kier alpha value is -1.92. The summed E-state index contributed by atoms with van der Waals surface area (Å²) in [6.45, 7) is 1.35. The van der Waals surface area contributed by atoms with E-state index in [1.54, 1.807) is 31.4 Å². The van der Waals surface area contributed by atoms with Crippen molar-refractivity contribution in [2.24, 2.45) is 0 Å². The fraction of sp³-hybridized carbons (Fsp3) is 0.429. The van der Waals surface area contributed by atoms with Crippen molar-refractivity contribution in [3.63, 3.8) is 0 Å². The van der Waals surface area contributed by atoms with Gasteiger partial charge in [0.05, 0.1) is 18.8 Å². The zero-order valence-electron chi connectivity index (χ0n) is 11.4. The van der Waals surface area contributed by atoms with Gasteiger partial charge in [-0.25, -0.2) is 4.79 Å². The first-order valence-corrected chi connectivity index (χ1v) is 6.29. The standard InChI is InChI=1S/C14H19NO5/c1-19-8-9-20-10-13(16)15-7-6-11-2-4-12(5-3-11)14(17)18/h2-5H,6-10H2,1H3,(H,15,16)(H,17,18). The van der Waals surface area contributed by atoms with Crippen LogP contribution in [0.3, 0.4) is 0 Å². The number of benzene rings is 1. The number of amides is 1. The van der Waals surface area contributed by atoms with Crippen molar-refractivity contribution in [2.45, 2.75) is 6.42 Å². The minimum atomic E-state index is -0.946. The Morgan fingerprint density at radius 1 is 1.20 bits per heavy atom. The molecule has 1 rings (SSSR count). The average molecular weight is 281 g/mol. The maximum Gasteiger partial charge on any atom is 0.335 e. The molecule has 0 saturated carbocycles. The van der Waals surface area contributed by atoms with Gasteiger partial charge < -0.3 is 19.9 Å². The van der Waals surface area contributed by atoms with Gasteiger partial charge in [-0.15, -0.1) is 0 Å². The molecule has 6 nitrogen and oxygen atoms in total. The fourth-order valence-corrected chi connectivity index (χ4v) is 1.52. The lowest BCUT2D eigenvalue weighted by Gasteiger charge is -2.06. The van der Waals surface area contributed by atoms with Crippen LogP contribution in [-0.4, -0.2) is 50.5 Å². The highest BCUT2D eigenvalue weighted by molar-refractivity contribution is 5.87. The van der Waals surface area contributed by atoms with Gasteiger partial charge in [0.15, 0.2) is 0 Å². The highest BCUT2D eigenvalue weighted by Crippen LogP contribution is 2.04. The van der Waals surface area contributed by atoms with E-state index in [0.29, 0.717) is 26.2 Å². The van der Waals surface area contributed by atoms with E-state index in [9.17, 15) is 9.59 Å². The van der Waals surface area contributed by atoms with Crippen molar-refractivity contribution in [2.75, 3.05) is 33.5 Å². The van der Waals surface area contributed by atoms with Crippen LogP contribution in [0.15, 0.2) is 24.3 Å². The number of aromatic carboxylic acids is 1. The molecule has 0 aromatic heterocycles. The van der Waals surface area contributed by atoms with Crippen LogP contribution < -0.4 is 5.32 Å². The summed E-state index contributed by atoms with van der Waals surface area (Å²) in [5.41, 5.74) is 1.22. The van der Waals surface area contributed by atoms with Crippen molar-refractivity contribution in [1.82, 2.24) is 5.32 Å². The number of ether oxygens (including phenoxy) is 2. The van der Waals surface area contributed by atoms with E-state index in [2.05, 4.69) is 5.32 Å². The molecule has 0 aliphatic heterocycles. The molecular weight excluding hydrogens is 262 g/mol. The monoisotopic (exact) mass is 281 g/mol. The normalized spacial score (nSPS) is 10.2. The second kappa shape index (κ2) is 9.06. The van der Waals surface area contributed by atoms with Gasteiger partial charge in [-0.2, -0.15) is 0 Å². The summed E-state index contributed by atoms with van der Waals surface area (Å²) in [4.78, 5) is 22.1. The topological polar surface area (TPSA) is 84.9 Å². The van der Waals surface area contributed by atoms with Crippen molar-refractivity contribution in [1.29, 1.82) is 0 Å². The number of carbonyl (C=O) groups is 2. The second-order valence-corrected chi connectivity index (χ2v) is 4.15. The summed E-state index contributed by atoms with van der Waals surface area (Å²) in [6, 6.07) is 6.58. The molecule has 1 aromatic rings. The summed E-state index contributed by atoms with van der Waals surface area (Å²) >= 11 is 0. The third kappa shape index (κ3) is 6.31. The van der Waals surface area contributed by atoms with Crippen LogP contribution in [0.5, 0.6) is 0 Å². The Morgan fingerprint density at radius 2 is 1.90 bits per heavy atom. The van der Waals surface area contributed by atoms with Crippen LogP contribution in [0, 0.1) is 0 Å². The molecule has 0 atom stereocenters. The Labute approximate surface area is 117 Å². The average Bonchev–Trinajstić information content (AvgIpc) is 2.44. The number of methoxy groups -OCH3 is 1. The summed E-state index contributed by atoms with van der Waals surface area (Å²) in [6.07, 6.45) is 0.643. The Balaban J connectivity index is 2.20. The number of hydrogen-bond donors (Lipinski definition) is 2. The van der Waals surface area contributed by atoms with Gasteiger partial charge in [0.1, 0.15) is 6.61 Å². The second-order valence-electron chi connectivity index (χ2n) is 4.15. The zero-order valence-corrected chi connectivity index (χ0v) is 11.4. The minimum absolute atomic E-state index is 0.0152. The molecule has 110 valence electrons. The van der Waals surface area contributed by atoms with Crippen LogP contribution in [-0.2, 0) is 20.7 Å². The molecule has 0 spiro atoms. The lowest BCUT2D eigenvalue weighted by molar-refractivity contribution is -0.126. The molecule has 0 radical (unpaired) electrons. The minimum Gasteiger partial charge on any atom is -0.478 e. The van der Waals surface area contributed by atoms with Crippen molar-refractivity contribution < 1.29 is 24.2 Å². The maximum absolute atomic E-state index is 11.4. The number of hydrogen-bond acceptors (Lipinski definition) is 4. The van der Waals surface area contributed by atoms with E-state index in [-0.39, 0.29) is 18.1 Å². The van der Waals surface area contributed by atoms with Crippen molar-refractivity contribution in [3.05, 3.63) is 35.4 Å². The zero-order chi connectivity index (χ0) is 14.8. The number of nitrogens with one attached hydrogen (secondary N) is 1. The van der Waals surface area contributed by atoms with Gasteiger partial charge in [0, 0.05) is 13.7 Å². The van der Waals surface area contributed by atoms with Gasteiger partial charge in [-0.05, 0) is 24.1 Å². The van der Waals surface area contributed by atoms with Crippen LogP contribution >= 0.6 is 0 Å². The first kappa shape index (κ1) is 16.1. The summed E-state index contributed by atoms with van der Waals surface area (Å²) in [5.74, 6) is -1.12. The molecule has 1 amide bonds. The van der Waals surface area contributed by atoms with Crippen LogP contribution in [0.4, 0.5) is 0 Å². The number of carbonyl (C=O) groups excluding carboxylic acids is 1. The summed E-state index contributed by atoms with van der Waals surface area (Å²) in [7, 11) is 1.57. The lowest BCUT2D eigenvalue weighted by Crippen LogP contribution is -2.29. The van der Waals surface area contributed by atoms with Gasteiger partial charge in [-0.1, -0.05) is 12.1 Å². The molecule has 2 N–H and O–H groups in total. The van der Waals surface area contributed by atoms with Gasteiger partial charge in [0.2, 0.25) is 5.91 Å². The number of rotatable bonds is 9. The highest BCUT2D eigenvalue weighted by Gasteiger charge is 2.03. The van der Waals surface area contributed by atoms with Crippen LogP contribution in [0.1, 0.15) is 15.9 Å². The van der Waals surface area contributed by atoms with Gasteiger partial charge >= 0.3 is 5.97 Å². The fourth-order valence-electron chi connectivity index (χ4n) is 1.52. The van der Waals surface area contributed by atoms with E-state index in [4.69, 9.17) is 14.6 Å². The molecular formula is C14H19NO5. The van der Waals surface area contributed by atoms with Crippen molar-refractivity contribution in [3.8, 4) is 0 Å². The van der Waals surface area contributed by atoms with Gasteiger partial charge in [-0.3, -0.25) is 4.79 Å². The van der Waals surface area contributed by atoms with E-state index < -0.39 is 5.97 Å². The van der Waals surface area contributed by atoms with Crippen LogP contribution in [0.2, 0.25) is 0 Å². The smallest absolute Gasteiger partial charge is 0.335 e. The molecule has 0 saturated heterocycles. The summed E-state index contributed by atoms with van der Waals surface area (Å²) < 4.78 is 9.87. The third-order valence-electron chi connectivity index (χ3n) is 2.60. The quantitative estimate of drug-likeness (QED) is 0.651. The van der Waals surface area contributed by atoms with E-state index >= 15 is 0 Å². The highest BCUT2D eigenvalue weighted by atomic mass is 16.5. The number of carboxylic acids is 1. The van der Waals surface area contributed by atoms with Gasteiger partial charge in [0.25, 0.3) is 0 Å². The molecule has 1 aromatic carbocycles. The SMILES string of the molecule is COCCOCC(=O)NCCc1ccc(C(=O)O)cc1. The Morgan fingerprint density at radius 3 is 2.50 bits per heavy atom. The summed E-state index contributed by atoms with van der Waals surface area (Å²) in [5, 5.41) is 11.5. The maximum atomic E-state index is 11.4. The first-order chi connectivity index (χ1) is 9.63. The Bertz CT molecular complexity index is 430. The molecule has 0 unspecified atom stereocenters. The molecule has 6 heteroatoms. The predicted molar refractivity (Wildman–Crippen MR) is 72.8 cm³/mol. The van der Waals surface area contributed by atoms with Crippen LogP contribution in [0.25, 0.3) is 0 Å². The molecule has 0 aliphatic rings. The van der Waals surface area contributed by atoms with E-state index in [1.165, 1.54) is 0 Å². The number of carboxylic acid groups (broad SMARTS) is 1. The largest absolute Gasteiger partial charge is 0.478 e. The van der Waals surface area contributed by atoms with Crippen molar-refractivity contribution >= 4 is 11.9 Å². The Kier molecular flexibility index (Phi) is 7.31. The lowest BCUT2D eigenvalue weighted by atomic mass is 10.1. The van der Waals surface area contributed by atoms with E-state index in [0.717, 1.165) is 5.56 Å². The van der Waals surface area contributed by atoms with E-state index in [1.807, 2.05) is 0 Å².